The number of aliphatic hydroxyl groups excluding tert-OH is 1. The number of benzene rings is 1. The van der Waals surface area contributed by atoms with E-state index in [1.54, 1.807) is 6.07 Å². The summed E-state index contributed by atoms with van der Waals surface area (Å²) in [4.78, 5) is 13.8. The number of aliphatic carboxylic acids is 1. The molecule has 0 bridgehead atoms. The van der Waals surface area contributed by atoms with Crippen molar-refractivity contribution in [1.29, 1.82) is 0 Å². The lowest BCUT2D eigenvalue weighted by molar-refractivity contribution is -0.143. The Labute approximate surface area is 142 Å². The quantitative estimate of drug-likeness (QED) is 0.839. The van der Waals surface area contributed by atoms with Crippen molar-refractivity contribution in [2.45, 2.75) is 44.1 Å². The first-order chi connectivity index (χ1) is 11.6. The first-order valence-electron chi connectivity index (χ1n) is 8.91. The van der Waals surface area contributed by atoms with E-state index < -0.39 is 12.0 Å². The fourth-order valence-corrected chi connectivity index (χ4v) is 4.43. The van der Waals surface area contributed by atoms with Crippen LogP contribution in [0.5, 0.6) is 0 Å². The summed E-state index contributed by atoms with van der Waals surface area (Å²) in [6, 6.07) is 5.95. The highest BCUT2D eigenvalue weighted by Crippen LogP contribution is 2.36. The van der Waals surface area contributed by atoms with Crippen LogP contribution in [0, 0.1) is 17.7 Å². The van der Waals surface area contributed by atoms with Crippen LogP contribution in [0.4, 0.5) is 4.39 Å². The van der Waals surface area contributed by atoms with Gasteiger partial charge in [0, 0.05) is 31.5 Å². The summed E-state index contributed by atoms with van der Waals surface area (Å²) in [5.74, 6) is -0.637. The van der Waals surface area contributed by atoms with Crippen molar-refractivity contribution in [3.8, 4) is 0 Å². The zero-order chi connectivity index (χ0) is 17.1. The summed E-state index contributed by atoms with van der Waals surface area (Å²) in [6.07, 6.45) is 5.32. The maximum atomic E-state index is 13.5. The molecule has 1 aliphatic heterocycles. The van der Waals surface area contributed by atoms with Crippen LogP contribution in [-0.2, 0) is 4.79 Å². The summed E-state index contributed by atoms with van der Waals surface area (Å²) >= 11 is 0. The van der Waals surface area contributed by atoms with Gasteiger partial charge in [0.2, 0.25) is 0 Å². The molecular weight excluding hydrogens is 309 g/mol. The number of carbonyl (C=O) groups is 1. The summed E-state index contributed by atoms with van der Waals surface area (Å²) in [5.41, 5.74) is 0.849. The van der Waals surface area contributed by atoms with Crippen LogP contribution in [0.2, 0.25) is 0 Å². The fourth-order valence-electron chi connectivity index (χ4n) is 4.43. The van der Waals surface area contributed by atoms with E-state index in [9.17, 15) is 19.4 Å². The molecule has 0 spiro atoms. The van der Waals surface area contributed by atoms with E-state index >= 15 is 0 Å². The second-order valence-corrected chi connectivity index (χ2v) is 7.30. The molecule has 1 aromatic rings. The molecule has 1 aromatic carbocycles. The maximum Gasteiger partial charge on any atom is 0.320 e. The third-order valence-electron chi connectivity index (χ3n) is 5.74. The Hall–Kier alpha value is -1.46. The average Bonchev–Trinajstić information content (AvgIpc) is 3.21. The minimum atomic E-state index is -0.779. The Morgan fingerprint density at radius 3 is 2.67 bits per heavy atom. The Balaban J connectivity index is 1.74. The largest absolute Gasteiger partial charge is 0.480 e. The number of carboxylic acid groups (broad SMARTS) is 1. The van der Waals surface area contributed by atoms with Gasteiger partial charge < -0.3 is 10.2 Å². The van der Waals surface area contributed by atoms with Gasteiger partial charge in [-0.05, 0) is 30.0 Å². The van der Waals surface area contributed by atoms with E-state index in [1.165, 1.54) is 25.0 Å². The first-order valence-corrected chi connectivity index (χ1v) is 8.91. The molecule has 1 saturated heterocycles. The van der Waals surface area contributed by atoms with Crippen LogP contribution in [-0.4, -0.2) is 46.8 Å². The second kappa shape index (κ2) is 7.62. The Bertz CT molecular complexity index is 573. The van der Waals surface area contributed by atoms with Gasteiger partial charge in [0.1, 0.15) is 11.9 Å². The van der Waals surface area contributed by atoms with Gasteiger partial charge in [-0.2, -0.15) is 0 Å². The molecule has 132 valence electrons. The predicted octanol–water partition coefficient (Wildman–Crippen LogP) is 2.87. The lowest BCUT2D eigenvalue weighted by Gasteiger charge is -2.26. The van der Waals surface area contributed by atoms with Gasteiger partial charge in [0.05, 0.1) is 0 Å². The molecule has 1 heterocycles. The molecule has 2 N–H and O–H groups in total. The number of aliphatic hydroxyl groups is 1. The third kappa shape index (κ3) is 3.78. The summed E-state index contributed by atoms with van der Waals surface area (Å²) in [5, 5.41) is 19.4. The van der Waals surface area contributed by atoms with Gasteiger partial charge in [0.25, 0.3) is 0 Å². The summed E-state index contributed by atoms with van der Waals surface area (Å²) in [7, 11) is 0. The molecule has 1 saturated carbocycles. The van der Waals surface area contributed by atoms with Crippen LogP contribution in [0.25, 0.3) is 0 Å². The molecule has 2 fully saturated rings. The van der Waals surface area contributed by atoms with Gasteiger partial charge in [-0.25, -0.2) is 4.39 Å². The van der Waals surface area contributed by atoms with E-state index in [0.717, 1.165) is 18.4 Å². The molecule has 24 heavy (non-hydrogen) atoms. The van der Waals surface area contributed by atoms with Crippen molar-refractivity contribution >= 4 is 5.97 Å². The van der Waals surface area contributed by atoms with Crippen molar-refractivity contribution in [3.05, 3.63) is 35.6 Å². The zero-order valence-corrected chi connectivity index (χ0v) is 13.9. The van der Waals surface area contributed by atoms with E-state index in [-0.39, 0.29) is 24.3 Å². The SMILES string of the molecule is O=C(O)[C@@H](CC1CCCC1)N1C[C@H](CO)[C@@H](c2cccc(F)c2)C1. The van der Waals surface area contributed by atoms with Crippen molar-refractivity contribution in [1.82, 2.24) is 4.90 Å². The van der Waals surface area contributed by atoms with Crippen LogP contribution >= 0.6 is 0 Å². The standard InChI is InChI=1S/C19H26FNO3/c20-16-7-3-6-14(9-16)17-11-21(10-15(17)12-22)18(19(23)24)8-13-4-1-2-5-13/h3,6-7,9,13,15,17-18,22H,1-2,4-5,8,10-12H2,(H,23,24)/t15-,17-,18-/m1/s1. The van der Waals surface area contributed by atoms with Gasteiger partial charge in [-0.3, -0.25) is 9.69 Å². The van der Waals surface area contributed by atoms with Crippen LogP contribution < -0.4 is 0 Å². The van der Waals surface area contributed by atoms with Crippen molar-refractivity contribution in [2.75, 3.05) is 19.7 Å². The van der Waals surface area contributed by atoms with E-state index in [4.69, 9.17) is 0 Å². The number of carboxylic acids is 1. The highest BCUT2D eigenvalue weighted by molar-refractivity contribution is 5.73. The number of hydrogen-bond acceptors (Lipinski definition) is 3. The number of hydrogen-bond donors (Lipinski definition) is 2. The predicted molar refractivity (Wildman–Crippen MR) is 89.3 cm³/mol. The van der Waals surface area contributed by atoms with Gasteiger partial charge >= 0.3 is 5.97 Å². The molecule has 3 atom stereocenters. The molecule has 0 radical (unpaired) electrons. The van der Waals surface area contributed by atoms with Gasteiger partial charge in [-0.1, -0.05) is 37.8 Å². The molecule has 3 rings (SSSR count). The number of halogens is 1. The minimum Gasteiger partial charge on any atom is -0.480 e. The lowest BCUT2D eigenvalue weighted by atomic mass is 9.89. The Morgan fingerprint density at radius 1 is 1.29 bits per heavy atom. The van der Waals surface area contributed by atoms with Crippen molar-refractivity contribution in [3.63, 3.8) is 0 Å². The Kier molecular flexibility index (Phi) is 5.51. The van der Waals surface area contributed by atoms with Gasteiger partial charge in [0.15, 0.2) is 0 Å². The highest BCUT2D eigenvalue weighted by atomic mass is 19.1. The van der Waals surface area contributed by atoms with Crippen molar-refractivity contribution < 1.29 is 19.4 Å². The molecule has 4 nitrogen and oxygen atoms in total. The van der Waals surface area contributed by atoms with E-state index in [1.807, 2.05) is 11.0 Å². The average molecular weight is 335 g/mol. The molecule has 2 aliphatic rings. The summed E-state index contributed by atoms with van der Waals surface area (Å²) in [6.45, 7) is 1.12. The van der Waals surface area contributed by atoms with Crippen molar-refractivity contribution in [2.24, 2.45) is 11.8 Å². The number of nitrogens with zero attached hydrogens (tertiary/aromatic N) is 1. The molecule has 1 aliphatic carbocycles. The highest BCUT2D eigenvalue weighted by Gasteiger charge is 2.40. The monoisotopic (exact) mass is 335 g/mol. The normalized spacial score (nSPS) is 26.8. The lowest BCUT2D eigenvalue weighted by Crippen LogP contribution is -2.41. The van der Waals surface area contributed by atoms with Crippen LogP contribution in [0.15, 0.2) is 24.3 Å². The fraction of sp³-hybridized carbons (Fsp3) is 0.632. The molecule has 0 amide bonds. The molecule has 0 unspecified atom stereocenters. The second-order valence-electron chi connectivity index (χ2n) is 7.30. The van der Waals surface area contributed by atoms with Crippen LogP contribution in [0.1, 0.15) is 43.6 Å². The minimum absolute atomic E-state index is 0.00650. The number of rotatable bonds is 6. The molecule has 0 aromatic heterocycles. The van der Waals surface area contributed by atoms with E-state index in [0.29, 0.717) is 25.4 Å². The van der Waals surface area contributed by atoms with Crippen LogP contribution in [0.3, 0.4) is 0 Å². The Morgan fingerprint density at radius 2 is 2.04 bits per heavy atom. The number of likely N-dealkylation sites (tertiary alicyclic amines) is 1. The third-order valence-corrected chi connectivity index (χ3v) is 5.74. The summed E-state index contributed by atoms with van der Waals surface area (Å²) < 4.78 is 13.5. The first kappa shape index (κ1) is 17.4. The van der Waals surface area contributed by atoms with E-state index in [2.05, 4.69) is 0 Å². The smallest absolute Gasteiger partial charge is 0.320 e. The topological polar surface area (TPSA) is 60.8 Å². The molecule has 5 heteroatoms. The zero-order valence-electron chi connectivity index (χ0n) is 13.9. The molecular formula is C19H26FNO3. The van der Waals surface area contributed by atoms with Gasteiger partial charge in [-0.15, -0.1) is 0 Å². The maximum absolute atomic E-state index is 13.5.